The van der Waals surface area contributed by atoms with Crippen LogP contribution in [0.2, 0.25) is 0 Å². The molecule has 0 radical (unpaired) electrons. The van der Waals surface area contributed by atoms with Crippen LogP contribution in [0.3, 0.4) is 0 Å². The Hall–Kier alpha value is -2.88. The second-order valence-corrected chi connectivity index (χ2v) is 5.19. The van der Waals surface area contributed by atoms with Crippen molar-refractivity contribution in [2.45, 2.75) is 13.8 Å². The second-order valence-electron chi connectivity index (χ2n) is 5.19. The maximum Gasteiger partial charge on any atom is 0.277 e. The topological polar surface area (TPSA) is 50.7 Å². The first-order valence-corrected chi connectivity index (χ1v) is 7.38. The van der Waals surface area contributed by atoms with Gasteiger partial charge in [0.1, 0.15) is 5.75 Å². The number of nitrogens with one attached hydrogen (secondary N) is 1. The molecule has 0 fully saturated rings. The number of benzene rings is 2. The first-order chi connectivity index (χ1) is 11.1. The number of rotatable bonds is 6. The zero-order valence-electron chi connectivity index (χ0n) is 13.3. The highest BCUT2D eigenvalue weighted by Gasteiger charge is 2.00. The lowest BCUT2D eigenvalue weighted by atomic mass is 10.1. The van der Waals surface area contributed by atoms with Crippen LogP contribution < -0.4 is 10.2 Å². The van der Waals surface area contributed by atoms with Crippen LogP contribution in [0.1, 0.15) is 18.1 Å². The molecule has 4 nitrogen and oxygen atoms in total. The van der Waals surface area contributed by atoms with Gasteiger partial charge in [-0.05, 0) is 37.1 Å². The number of hydrogen-bond donors (Lipinski definition) is 1. The van der Waals surface area contributed by atoms with E-state index >= 15 is 0 Å². The van der Waals surface area contributed by atoms with Crippen molar-refractivity contribution in [2.24, 2.45) is 5.10 Å². The summed E-state index contributed by atoms with van der Waals surface area (Å²) in [6.45, 7) is 3.85. The summed E-state index contributed by atoms with van der Waals surface area (Å²) in [4.78, 5) is 11.7. The molecule has 0 unspecified atom stereocenters. The number of nitrogens with zero attached hydrogens (tertiary/aromatic N) is 1. The number of carbonyl (C=O) groups excluding carboxylic acids is 1. The van der Waals surface area contributed by atoms with E-state index in [0.717, 1.165) is 16.7 Å². The molecule has 0 saturated carbocycles. The molecule has 0 aromatic heterocycles. The summed E-state index contributed by atoms with van der Waals surface area (Å²) >= 11 is 0. The molecule has 4 heteroatoms. The van der Waals surface area contributed by atoms with Crippen molar-refractivity contribution in [2.75, 3.05) is 6.61 Å². The third-order valence-corrected chi connectivity index (χ3v) is 3.04. The van der Waals surface area contributed by atoms with Gasteiger partial charge in [0.25, 0.3) is 5.91 Å². The van der Waals surface area contributed by atoms with E-state index in [1.807, 2.05) is 74.5 Å². The second kappa shape index (κ2) is 8.54. The predicted molar refractivity (Wildman–Crippen MR) is 93.4 cm³/mol. The number of hydrogen-bond acceptors (Lipinski definition) is 3. The van der Waals surface area contributed by atoms with Crippen LogP contribution in [0.4, 0.5) is 0 Å². The van der Waals surface area contributed by atoms with Crippen molar-refractivity contribution in [3.8, 4) is 5.75 Å². The number of amides is 1. The number of hydrazone groups is 1. The minimum absolute atomic E-state index is 0.0676. The average molecular weight is 308 g/mol. The maximum atomic E-state index is 11.7. The normalized spacial score (nSPS) is 11.5. The molecule has 118 valence electrons. The van der Waals surface area contributed by atoms with Crippen molar-refractivity contribution in [3.05, 3.63) is 71.3 Å². The molecule has 2 rings (SSSR count). The Morgan fingerprint density at radius 3 is 2.52 bits per heavy atom. The molecule has 23 heavy (non-hydrogen) atoms. The van der Waals surface area contributed by atoms with Gasteiger partial charge >= 0.3 is 0 Å². The van der Waals surface area contributed by atoms with Crippen LogP contribution in [0.25, 0.3) is 6.08 Å². The number of allylic oxidation sites excluding steroid dienone is 1. The Morgan fingerprint density at radius 2 is 1.83 bits per heavy atom. The predicted octanol–water partition coefficient (Wildman–Crippen LogP) is 3.58. The Morgan fingerprint density at radius 1 is 1.13 bits per heavy atom. The third-order valence-electron chi connectivity index (χ3n) is 3.04. The minimum Gasteiger partial charge on any atom is -0.484 e. The molecule has 0 aliphatic rings. The molecule has 0 aliphatic carbocycles. The lowest BCUT2D eigenvalue weighted by Crippen LogP contribution is -2.24. The van der Waals surface area contributed by atoms with Gasteiger partial charge in [0.05, 0.1) is 6.21 Å². The van der Waals surface area contributed by atoms with Crippen LogP contribution in [-0.4, -0.2) is 18.7 Å². The Kier molecular flexibility index (Phi) is 6.12. The fraction of sp³-hybridized carbons (Fsp3) is 0.158. The molecule has 0 atom stereocenters. The molecule has 2 aromatic rings. The minimum atomic E-state index is -0.297. The van der Waals surface area contributed by atoms with Crippen molar-refractivity contribution >= 4 is 18.2 Å². The fourth-order valence-electron chi connectivity index (χ4n) is 1.87. The highest BCUT2D eigenvalue weighted by Crippen LogP contribution is 2.10. The molecule has 0 saturated heterocycles. The molecule has 1 N–H and O–H groups in total. The Labute approximate surface area is 136 Å². The summed E-state index contributed by atoms with van der Waals surface area (Å²) in [6, 6.07) is 17.5. The number of ether oxygens (including phenoxy) is 1. The summed E-state index contributed by atoms with van der Waals surface area (Å²) in [6.07, 6.45) is 3.59. The molecular formula is C19H20N2O2. The molecule has 2 aromatic carbocycles. The fourth-order valence-corrected chi connectivity index (χ4v) is 1.87. The summed E-state index contributed by atoms with van der Waals surface area (Å²) in [5.41, 5.74) is 5.62. The number of aryl methyl sites for hydroxylation is 1. The third kappa shape index (κ3) is 6.18. The first kappa shape index (κ1) is 16.5. The van der Waals surface area contributed by atoms with Crippen LogP contribution in [0.5, 0.6) is 5.75 Å². The maximum absolute atomic E-state index is 11.7. The van der Waals surface area contributed by atoms with Gasteiger partial charge in [-0.15, -0.1) is 0 Å². The highest BCUT2D eigenvalue weighted by molar-refractivity contribution is 5.86. The van der Waals surface area contributed by atoms with E-state index in [4.69, 9.17) is 4.74 Å². The van der Waals surface area contributed by atoms with Crippen molar-refractivity contribution < 1.29 is 9.53 Å². The van der Waals surface area contributed by atoms with Gasteiger partial charge in [0, 0.05) is 0 Å². The standard InChI is InChI=1S/C19H20N2O2/c1-15-8-10-18(11-9-15)23-14-19(22)21-20-13-16(2)12-17-6-4-3-5-7-17/h3-13H,14H2,1-2H3,(H,21,22)/b16-12-,20-13+. The number of carbonyl (C=O) groups is 1. The van der Waals surface area contributed by atoms with Crippen LogP contribution in [-0.2, 0) is 4.79 Å². The van der Waals surface area contributed by atoms with E-state index in [9.17, 15) is 4.79 Å². The van der Waals surface area contributed by atoms with Gasteiger partial charge in [-0.3, -0.25) is 4.79 Å². The van der Waals surface area contributed by atoms with Gasteiger partial charge < -0.3 is 4.74 Å². The van der Waals surface area contributed by atoms with Crippen molar-refractivity contribution in [3.63, 3.8) is 0 Å². The van der Waals surface area contributed by atoms with E-state index in [1.54, 1.807) is 6.21 Å². The van der Waals surface area contributed by atoms with Crippen LogP contribution in [0.15, 0.2) is 65.3 Å². The van der Waals surface area contributed by atoms with Gasteiger partial charge in [-0.25, -0.2) is 5.43 Å². The molecule has 0 heterocycles. The van der Waals surface area contributed by atoms with Crippen molar-refractivity contribution in [1.82, 2.24) is 5.43 Å². The van der Waals surface area contributed by atoms with Gasteiger partial charge in [-0.2, -0.15) is 5.10 Å². The molecular weight excluding hydrogens is 288 g/mol. The van der Waals surface area contributed by atoms with E-state index in [0.29, 0.717) is 5.75 Å². The van der Waals surface area contributed by atoms with E-state index in [2.05, 4.69) is 10.5 Å². The zero-order valence-corrected chi connectivity index (χ0v) is 13.3. The summed E-state index contributed by atoms with van der Waals surface area (Å²) in [5.74, 6) is 0.365. The molecule has 1 amide bonds. The monoisotopic (exact) mass is 308 g/mol. The highest BCUT2D eigenvalue weighted by atomic mass is 16.5. The summed E-state index contributed by atoms with van der Waals surface area (Å²) < 4.78 is 5.38. The Balaban J connectivity index is 1.77. The van der Waals surface area contributed by atoms with E-state index in [1.165, 1.54) is 0 Å². The lowest BCUT2D eigenvalue weighted by molar-refractivity contribution is -0.123. The average Bonchev–Trinajstić information content (AvgIpc) is 2.55. The SMILES string of the molecule is CC(=C/c1ccccc1)/C=N/NC(=O)COc1ccc(C)cc1. The summed E-state index contributed by atoms with van der Waals surface area (Å²) in [5, 5.41) is 3.92. The first-order valence-electron chi connectivity index (χ1n) is 7.38. The largest absolute Gasteiger partial charge is 0.484 e. The smallest absolute Gasteiger partial charge is 0.277 e. The van der Waals surface area contributed by atoms with Gasteiger partial charge in [0.15, 0.2) is 6.61 Å². The van der Waals surface area contributed by atoms with E-state index < -0.39 is 0 Å². The van der Waals surface area contributed by atoms with E-state index in [-0.39, 0.29) is 12.5 Å². The van der Waals surface area contributed by atoms with Crippen molar-refractivity contribution in [1.29, 1.82) is 0 Å². The quantitative estimate of drug-likeness (QED) is 0.655. The summed E-state index contributed by atoms with van der Waals surface area (Å²) in [7, 11) is 0. The molecule has 0 spiro atoms. The molecule has 0 aliphatic heterocycles. The van der Waals surface area contributed by atoms with Gasteiger partial charge in [0.2, 0.25) is 0 Å². The lowest BCUT2D eigenvalue weighted by Gasteiger charge is -2.05. The molecule has 0 bridgehead atoms. The van der Waals surface area contributed by atoms with Gasteiger partial charge in [-0.1, -0.05) is 54.1 Å². The Bertz CT molecular complexity index is 689. The zero-order chi connectivity index (χ0) is 16.5. The van der Waals surface area contributed by atoms with Crippen LogP contribution >= 0.6 is 0 Å². The van der Waals surface area contributed by atoms with Crippen LogP contribution in [0, 0.1) is 6.92 Å².